The molecule has 0 fully saturated rings. The van der Waals surface area contributed by atoms with Crippen molar-refractivity contribution in [2.24, 2.45) is 4.99 Å². The van der Waals surface area contributed by atoms with Gasteiger partial charge in [0.2, 0.25) is 0 Å². The normalized spacial score (nSPS) is 12.8. The van der Waals surface area contributed by atoms with Crippen molar-refractivity contribution in [2.45, 2.75) is 46.3 Å². The number of guanidine groups is 1. The van der Waals surface area contributed by atoms with Crippen LogP contribution in [-0.2, 0) is 20.8 Å². The molecule has 1 unspecified atom stereocenters. The smallest absolute Gasteiger partial charge is 0.305 e. The van der Waals surface area contributed by atoms with Crippen molar-refractivity contribution < 1.29 is 14.3 Å². The fourth-order valence-electron chi connectivity index (χ4n) is 2.11. The molecule has 7 nitrogen and oxygen atoms in total. The summed E-state index contributed by atoms with van der Waals surface area (Å²) in [5.74, 6) is 0.638. The quantitative estimate of drug-likeness (QED) is 0.295. The van der Waals surface area contributed by atoms with Crippen LogP contribution in [0.1, 0.15) is 50.4 Å². The summed E-state index contributed by atoms with van der Waals surface area (Å²) in [6.07, 6.45) is 1.08. The molecule has 0 saturated heterocycles. The molecule has 142 valence electrons. The van der Waals surface area contributed by atoms with E-state index in [1.165, 1.54) is 0 Å². The van der Waals surface area contributed by atoms with Gasteiger partial charge < -0.3 is 19.7 Å². The third-order valence-corrected chi connectivity index (χ3v) is 4.53. The molecule has 1 aromatic rings. The van der Waals surface area contributed by atoms with Crippen molar-refractivity contribution in [1.29, 1.82) is 0 Å². The molecule has 0 radical (unpaired) electrons. The van der Waals surface area contributed by atoms with Gasteiger partial charge in [-0.2, -0.15) is 0 Å². The van der Waals surface area contributed by atoms with Gasteiger partial charge in [0.1, 0.15) is 11.1 Å². The molecule has 0 bridgehead atoms. The minimum absolute atomic E-state index is 0.00818. The second kappa shape index (κ2) is 11.8. The summed E-state index contributed by atoms with van der Waals surface area (Å²) >= 11 is 1.60. The lowest BCUT2D eigenvalue weighted by atomic mass is 10.3. The molecule has 0 spiro atoms. The predicted molar refractivity (Wildman–Crippen MR) is 101 cm³/mol. The molecular formula is C17H30N4O3S. The predicted octanol–water partition coefficient (Wildman–Crippen LogP) is 2.59. The summed E-state index contributed by atoms with van der Waals surface area (Å²) in [4.78, 5) is 22.6. The monoisotopic (exact) mass is 370 g/mol. The molecular weight excluding hydrogens is 340 g/mol. The van der Waals surface area contributed by atoms with E-state index in [4.69, 9.17) is 9.47 Å². The number of esters is 1. The molecule has 1 atom stereocenters. The number of nitrogens with one attached hydrogen (secondary N) is 1. The summed E-state index contributed by atoms with van der Waals surface area (Å²) < 4.78 is 10.2. The fourth-order valence-corrected chi connectivity index (χ4v) is 2.95. The highest BCUT2D eigenvalue weighted by molar-refractivity contribution is 7.09. The zero-order valence-electron chi connectivity index (χ0n) is 15.9. The number of hydrogen-bond acceptors (Lipinski definition) is 6. The van der Waals surface area contributed by atoms with Gasteiger partial charge in [-0.3, -0.25) is 9.79 Å². The van der Waals surface area contributed by atoms with Crippen molar-refractivity contribution in [3.63, 3.8) is 0 Å². The number of carbonyl (C=O) groups excluding carboxylic acids is 1. The van der Waals surface area contributed by atoms with E-state index < -0.39 is 0 Å². The maximum atomic E-state index is 11.4. The van der Waals surface area contributed by atoms with Crippen LogP contribution in [0.5, 0.6) is 0 Å². The van der Waals surface area contributed by atoms with Crippen molar-refractivity contribution in [3.05, 3.63) is 16.1 Å². The summed E-state index contributed by atoms with van der Waals surface area (Å²) in [6, 6.07) is 0. The Morgan fingerprint density at radius 2 is 2.24 bits per heavy atom. The highest BCUT2D eigenvalue weighted by Crippen LogP contribution is 2.20. The highest BCUT2D eigenvalue weighted by atomic mass is 32.1. The van der Waals surface area contributed by atoms with Crippen molar-refractivity contribution in [1.82, 2.24) is 15.2 Å². The van der Waals surface area contributed by atoms with E-state index in [1.54, 1.807) is 18.4 Å². The van der Waals surface area contributed by atoms with Crippen LogP contribution in [0.2, 0.25) is 0 Å². The Bertz CT molecular complexity index is 548. The molecule has 25 heavy (non-hydrogen) atoms. The Hall–Kier alpha value is -1.67. The van der Waals surface area contributed by atoms with Crippen LogP contribution >= 0.6 is 11.3 Å². The van der Waals surface area contributed by atoms with Gasteiger partial charge in [0.25, 0.3) is 0 Å². The van der Waals surface area contributed by atoms with Gasteiger partial charge >= 0.3 is 5.97 Å². The second-order valence-electron chi connectivity index (χ2n) is 5.56. The number of rotatable bonds is 10. The van der Waals surface area contributed by atoms with Gasteiger partial charge in [0, 0.05) is 39.0 Å². The van der Waals surface area contributed by atoms with Crippen LogP contribution in [-0.4, -0.2) is 55.7 Å². The van der Waals surface area contributed by atoms with Crippen molar-refractivity contribution in [3.8, 4) is 0 Å². The molecule has 0 aliphatic rings. The lowest BCUT2D eigenvalue weighted by molar-refractivity contribution is -0.143. The Morgan fingerprint density at radius 3 is 2.88 bits per heavy atom. The van der Waals surface area contributed by atoms with Gasteiger partial charge in [-0.05, 0) is 27.2 Å². The molecule has 0 saturated carbocycles. The van der Waals surface area contributed by atoms with E-state index in [-0.39, 0.29) is 12.1 Å². The number of hydrogen-bond donors (Lipinski definition) is 1. The summed E-state index contributed by atoms with van der Waals surface area (Å²) in [7, 11) is 3.66. The molecule has 0 aliphatic carbocycles. The number of aromatic nitrogens is 1. The summed E-state index contributed by atoms with van der Waals surface area (Å²) in [5.41, 5.74) is 0.989. The average molecular weight is 371 g/mol. The summed E-state index contributed by atoms with van der Waals surface area (Å²) in [6.45, 7) is 8.27. The van der Waals surface area contributed by atoms with E-state index in [2.05, 4.69) is 15.3 Å². The molecule has 0 amide bonds. The number of nitrogens with zero attached hydrogens (tertiary/aromatic N) is 3. The van der Waals surface area contributed by atoms with Crippen LogP contribution in [0.25, 0.3) is 0 Å². The molecule has 8 heteroatoms. The van der Waals surface area contributed by atoms with Gasteiger partial charge in [-0.25, -0.2) is 4.98 Å². The third-order valence-electron chi connectivity index (χ3n) is 3.47. The SMILES string of the molecule is CCNC(=NCCCC(=O)OCC)N(C)Cc1csc(C(C)OC)n1. The largest absolute Gasteiger partial charge is 0.466 e. The lowest BCUT2D eigenvalue weighted by Crippen LogP contribution is -2.38. The molecule has 1 rings (SSSR count). The average Bonchev–Trinajstić information content (AvgIpc) is 3.05. The van der Waals surface area contributed by atoms with Crippen molar-refractivity contribution >= 4 is 23.3 Å². The van der Waals surface area contributed by atoms with Crippen LogP contribution in [0.3, 0.4) is 0 Å². The van der Waals surface area contributed by atoms with Crippen LogP contribution in [0.15, 0.2) is 10.4 Å². The van der Waals surface area contributed by atoms with Crippen LogP contribution in [0, 0.1) is 0 Å². The minimum Gasteiger partial charge on any atom is -0.466 e. The topological polar surface area (TPSA) is 76.0 Å². The van der Waals surface area contributed by atoms with Gasteiger partial charge in [-0.1, -0.05) is 0 Å². The lowest BCUT2D eigenvalue weighted by Gasteiger charge is -2.21. The Balaban J connectivity index is 2.57. The van der Waals surface area contributed by atoms with E-state index in [1.807, 2.05) is 38.1 Å². The van der Waals surface area contributed by atoms with E-state index in [0.29, 0.717) is 32.5 Å². The van der Waals surface area contributed by atoms with Crippen LogP contribution < -0.4 is 5.32 Å². The van der Waals surface area contributed by atoms with Crippen molar-refractivity contribution in [2.75, 3.05) is 33.9 Å². The molecule has 0 aromatic carbocycles. The number of carbonyl (C=O) groups is 1. The fraction of sp³-hybridized carbons (Fsp3) is 0.706. The highest BCUT2D eigenvalue weighted by Gasteiger charge is 2.12. The first kappa shape index (κ1) is 21.4. The summed E-state index contributed by atoms with van der Waals surface area (Å²) in [5, 5.41) is 6.29. The Morgan fingerprint density at radius 1 is 1.48 bits per heavy atom. The Labute approximate surface area is 154 Å². The molecule has 1 aromatic heterocycles. The maximum Gasteiger partial charge on any atom is 0.305 e. The second-order valence-corrected chi connectivity index (χ2v) is 6.44. The van der Waals surface area contributed by atoms with Gasteiger partial charge in [0.05, 0.1) is 18.8 Å². The molecule has 1 heterocycles. The minimum atomic E-state index is -0.168. The number of thiazole rings is 1. The van der Waals surface area contributed by atoms with Gasteiger partial charge in [-0.15, -0.1) is 11.3 Å². The van der Waals surface area contributed by atoms with Gasteiger partial charge in [0.15, 0.2) is 5.96 Å². The zero-order valence-corrected chi connectivity index (χ0v) is 16.7. The van der Waals surface area contributed by atoms with Crippen LogP contribution in [0.4, 0.5) is 0 Å². The maximum absolute atomic E-state index is 11.4. The number of ether oxygens (including phenoxy) is 2. The van der Waals surface area contributed by atoms with E-state index in [0.717, 1.165) is 23.2 Å². The Kier molecular flexibility index (Phi) is 10.1. The first-order valence-electron chi connectivity index (χ1n) is 8.63. The first-order valence-corrected chi connectivity index (χ1v) is 9.51. The zero-order chi connectivity index (χ0) is 18.7. The molecule has 1 N–H and O–H groups in total. The number of aliphatic imine (C=N–C) groups is 1. The van der Waals surface area contributed by atoms with E-state index in [9.17, 15) is 4.79 Å². The standard InChI is InChI=1S/C17H30N4O3S/c1-6-18-17(19-10-8-9-15(22)24-7-2)21(4)11-14-12-25-16(20-14)13(3)23-5/h12-13H,6-11H2,1-5H3,(H,18,19). The first-order chi connectivity index (χ1) is 12.0. The van der Waals surface area contributed by atoms with E-state index >= 15 is 0 Å². The molecule has 0 aliphatic heterocycles. The third kappa shape index (κ3) is 7.83. The number of methoxy groups -OCH3 is 1.